The normalized spacial score (nSPS) is 40.6. The van der Waals surface area contributed by atoms with Gasteiger partial charge in [-0.2, -0.15) is 0 Å². The number of hydrogen-bond donors (Lipinski definition) is 3. The van der Waals surface area contributed by atoms with Crippen LogP contribution < -0.4 is 0 Å². The molecule has 2 bridgehead atoms. The van der Waals surface area contributed by atoms with E-state index in [2.05, 4.69) is 0 Å². The number of hydrogen-bond acceptors (Lipinski definition) is 9. The fourth-order valence-corrected chi connectivity index (χ4v) is 8.65. The van der Waals surface area contributed by atoms with Gasteiger partial charge in [-0.15, -0.1) is 0 Å². The molecule has 0 spiro atoms. The molecule has 0 aromatic carbocycles. The van der Waals surface area contributed by atoms with Crippen LogP contribution in [0.1, 0.15) is 113 Å². The molecule has 3 N–H and O–H groups in total. The fourth-order valence-electron chi connectivity index (χ4n) is 8.65. The largest absolute Gasteiger partial charge is 0.469 e. The Kier molecular flexibility index (Phi) is 12.5. The van der Waals surface area contributed by atoms with E-state index in [1.807, 2.05) is 46.8 Å². The van der Waals surface area contributed by atoms with E-state index in [9.17, 15) is 34.5 Å². The first-order valence-electron chi connectivity index (χ1n) is 18.0. The molecule has 2 aliphatic heterocycles. The molecular weight excluding hydrogens is 624 g/mol. The number of aliphatic hydroxyl groups is 3. The summed E-state index contributed by atoms with van der Waals surface area (Å²) in [7, 11) is 1.27. The molecule has 9 nitrogen and oxygen atoms in total. The third kappa shape index (κ3) is 8.27. The quantitative estimate of drug-likeness (QED) is 0.247. The third-order valence-corrected chi connectivity index (χ3v) is 11.8. The molecule has 0 aromatic rings. The summed E-state index contributed by atoms with van der Waals surface area (Å²) in [4.78, 5) is 57.0. The minimum absolute atomic E-state index is 0.00187. The van der Waals surface area contributed by atoms with Crippen molar-refractivity contribution >= 4 is 23.3 Å². The monoisotopic (exact) mass is 682 g/mol. The molecule has 4 rings (SSSR count). The van der Waals surface area contributed by atoms with Crippen LogP contribution in [-0.4, -0.2) is 75.8 Å². The Balaban J connectivity index is 1.99. The highest BCUT2D eigenvalue weighted by atomic mass is 16.5. The van der Waals surface area contributed by atoms with Crippen molar-refractivity contribution in [1.82, 2.24) is 0 Å². The predicted molar refractivity (Wildman–Crippen MR) is 186 cm³/mol. The lowest BCUT2D eigenvalue weighted by Gasteiger charge is -2.49. The maximum Gasteiger partial charge on any atom is 0.313 e. The maximum atomic E-state index is 15.0. The van der Waals surface area contributed by atoms with E-state index in [4.69, 9.17) is 9.47 Å². The second-order valence-corrected chi connectivity index (χ2v) is 15.9. The van der Waals surface area contributed by atoms with Crippen molar-refractivity contribution in [2.24, 2.45) is 29.1 Å². The number of rotatable bonds is 2. The summed E-state index contributed by atoms with van der Waals surface area (Å²) in [6.45, 7) is 12.9. The molecule has 9 heteroatoms. The number of aliphatic hydroxyl groups excluding tert-OH is 2. The van der Waals surface area contributed by atoms with Gasteiger partial charge >= 0.3 is 5.97 Å². The van der Waals surface area contributed by atoms with Crippen LogP contribution in [0.3, 0.4) is 0 Å². The zero-order chi connectivity index (χ0) is 36.4. The van der Waals surface area contributed by atoms with Gasteiger partial charge in [0.05, 0.1) is 36.4 Å². The Morgan fingerprint density at radius 3 is 2.35 bits per heavy atom. The van der Waals surface area contributed by atoms with Gasteiger partial charge in [-0.3, -0.25) is 19.2 Å². The first-order valence-corrected chi connectivity index (χ1v) is 18.0. The van der Waals surface area contributed by atoms with Gasteiger partial charge in [-0.05, 0) is 104 Å². The zero-order valence-electron chi connectivity index (χ0n) is 30.7. The number of carbonyl (C=O) groups excluding carboxylic acids is 4. The first kappa shape index (κ1) is 39.1. The van der Waals surface area contributed by atoms with Crippen LogP contribution in [0, 0.1) is 29.1 Å². The second-order valence-electron chi connectivity index (χ2n) is 15.9. The fraction of sp³-hybridized carbons (Fsp3) is 0.700. The molecule has 272 valence electrons. The van der Waals surface area contributed by atoms with Gasteiger partial charge in [-0.25, -0.2) is 0 Å². The van der Waals surface area contributed by atoms with E-state index < -0.39 is 59.2 Å². The van der Waals surface area contributed by atoms with Crippen molar-refractivity contribution in [3.05, 3.63) is 46.1 Å². The van der Waals surface area contributed by atoms with Crippen LogP contribution in [0.2, 0.25) is 0 Å². The van der Waals surface area contributed by atoms with Crippen LogP contribution in [0.15, 0.2) is 46.1 Å². The second kappa shape index (κ2) is 15.7. The first-order chi connectivity index (χ1) is 22.9. The third-order valence-electron chi connectivity index (χ3n) is 11.8. The molecule has 2 heterocycles. The molecule has 49 heavy (non-hydrogen) atoms. The summed E-state index contributed by atoms with van der Waals surface area (Å²) < 4.78 is 11.8. The molecule has 1 saturated heterocycles. The number of esters is 1. The van der Waals surface area contributed by atoms with Gasteiger partial charge in [0.1, 0.15) is 11.9 Å². The van der Waals surface area contributed by atoms with E-state index in [1.54, 1.807) is 19.9 Å². The number of ether oxygens (including phenoxy) is 2. The Bertz CT molecular complexity index is 1430. The number of methoxy groups -OCH3 is 1. The summed E-state index contributed by atoms with van der Waals surface area (Å²) in [5, 5.41) is 34.1. The van der Waals surface area contributed by atoms with Gasteiger partial charge < -0.3 is 24.8 Å². The van der Waals surface area contributed by atoms with Crippen LogP contribution in [-0.2, 0) is 28.7 Å². The molecular formula is C40H58O9. The van der Waals surface area contributed by atoms with Gasteiger partial charge in [0.15, 0.2) is 11.6 Å². The molecule has 0 saturated carbocycles. The van der Waals surface area contributed by atoms with Crippen LogP contribution in [0.25, 0.3) is 0 Å². The highest BCUT2D eigenvalue weighted by Gasteiger charge is 2.60. The predicted octanol–water partition coefficient (Wildman–Crippen LogP) is 5.70. The van der Waals surface area contributed by atoms with E-state index >= 15 is 0 Å². The van der Waals surface area contributed by atoms with Crippen molar-refractivity contribution in [2.45, 2.75) is 143 Å². The van der Waals surface area contributed by atoms with Crippen LogP contribution in [0.5, 0.6) is 0 Å². The van der Waals surface area contributed by atoms with Crippen molar-refractivity contribution in [1.29, 1.82) is 0 Å². The van der Waals surface area contributed by atoms with Crippen molar-refractivity contribution in [3.8, 4) is 0 Å². The number of Topliss-reactive ketones (excluding diaryl/α,β-unsaturated/α-hetero) is 2. The summed E-state index contributed by atoms with van der Waals surface area (Å²) in [5.41, 5.74) is 0.936. The van der Waals surface area contributed by atoms with E-state index in [-0.39, 0.29) is 49.0 Å². The van der Waals surface area contributed by atoms with Gasteiger partial charge in [0.25, 0.3) is 0 Å². The number of fused-ring (bicyclic) bond motifs is 5. The Morgan fingerprint density at radius 1 is 1.00 bits per heavy atom. The smallest absolute Gasteiger partial charge is 0.313 e. The Labute approximate surface area is 291 Å². The van der Waals surface area contributed by atoms with Gasteiger partial charge in [-0.1, -0.05) is 48.3 Å². The molecule has 4 aliphatic rings. The van der Waals surface area contributed by atoms with Crippen molar-refractivity contribution in [3.63, 3.8) is 0 Å². The summed E-state index contributed by atoms with van der Waals surface area (Å²) in [6, 6.07) is 0. The Morgan fingerprint density at radius 2 is 1.69 bits per heavy atom. The molecule has 0 aromatic heterocycles. The van der Waals surface area contributed by atoms with Crippen LogP contribution >= 0.6 is 0 Å². The van der Waals surface area contributed by atoms with E-state index in [1.165, 1.54) is 7.11 Å². The number of allylic oxidation sites excluding steroid dienone is 7. The molecule has 0 radical (unpaired) electrons. The average Bonchev–Trinajstić information content (AvgIpc) is 3.03. The lowest BCUT2D eigenvalue weighted by atomic mass is 9.52. The van der Waals surface area contributed by atoms with Crippen molar-refractivity contribution < 1.29 is 44.0 Å². The summed E-state index contributed by atoms with van der Waals surface area (Å²) in [5.74, 6) is -4.06. The summed E-state index contributed by atoms with van der Waals surface area (Å²) in [6.07, 6.45) is 4.17. The molecule has 9 atom stereocenters. The minimum atomic E-state index is -1.67. The standard InChI is InChI=1S/C40H58O9/c1-22(2)28-19-32(42)25(5)11-9-10-23(3)16-27(41)21-40(38(46)48-8)30-17-24(4)12-13-35-39(7,47)15-14-34(49-35)37(45)33(43)20-29(30)26(6)18-31(40)36(28)44/h11,16-17,22,28,30-31,33-35,37,43,45,47H,9-10,12-15,18-21H2,1-8H3/b23-16-,24-17+,25-11+/t28-,30-,31-,33-,34+,35-,37-,39+,40-/m0/s1. The number of carbonyl (C=O) groups is 4. The topological polar surface area (TPSA) is 147 Å². The Hall–Kier alpha value is -2.72. The average molecular weight is 683 g/mol. The van der Waals surface area contributed by atoms with Gasteiger partial charge in [0, 0.05) is 30.6 Å². The highest BCUT2D eigenvalue weighted by Crippen LogP contribution is 2.55. The lowest BCUT2D eigenvalue weighted by molar-refractivity contribution is -0.205. The molecule has 2 aliphatic carbocycles. The molecule has 0 amide bonds. The maximum absolute atomic E-state index is 15.0. The van der Waals surface area contributed by atoms with Gasteiger partial charge in [0.2, 0.25) is 0 Å². The summed E-state index contributed by atoms with van der Waals surface area (Å²) >= 11 is 0. The lowest BCUT2D eigenvalue weighted by Crippen LogP contribution is -2.55. The van der Waals surface area contributed by atoms with Crippen LogP contribution in [0.4, 0.5) is 0 Å². The van der Waals surface area contributed by atoms with Crippen molar-refractivity contribution in [2.75, 3.05) is 7.11 Å². The molecule has 1 fully saturated rings. The van der Waals surface area contributed by atoms with E-state index in [0.717, 1.165) is 16.7 Å². The van der Waals surface area contributed by atoms with E-state index in [0.29, 0.717) is 49.7 Å². The highest BCUT2D eigenvalue weighted by molar-refractivity contribution is 6.01. The SMILES string of the molecule is COC(=O)[C@]12CC(=O)/C=C(/C)CC/C=C(\C)C(=O)C[C@@H](C(C)C)C(=O)[C@@H]1CC(C)=C1C[C@H](O)[C@H](O)[C@H]3CC[C@@](C)(O)[C@H](CC/C(C)=C/[C@@H]12)O3. The minimum Gasteiger partial charge on any atom is -0.469 e. The number of ketones is 3. The molecule has 0 unspecified atom stereocenters. The zero-order valence-corrected chi connectivity index (χ0v) is 30.7.